The molecule has 0 aromatic heterocycles. The van der Waals surface area contributed by atoms with E-state index in [9.17, 15) is 0 Å². The van der Waals surface area contributed by atoms with Crippen molar-refractivity contribution in [1.29, 1.82) is 0 Å². The lowest BCUT2D eigenvalue weighted by molar-refractivity contribution is 0.00578. The van der Waals surface area contributed by atoms with E-state index in [1.807, 2.05) is 18.2 Å². The monoisotopic (exact) mass is 278 g/mol. The second-order valence-corrected chi connectivity index (χ2v) is 7.06. The Morgan fingerprint density at radius 2 is 1.68 bits per heavy atom. The number of rotatable bonds is 2. The Hall–Kier alpha value is -0.505. The van der Waals surface area contributed by atoms with Gasteiger partial charge in [-0.25, -0.2) is 0 Å². The quantitative estimate of drug-likeness (QED) is 0.751. The summed E-state index contributed by atoms with van der Waals surface area (Å²) in [5.41, 5.74) is 0.736. The molecule has 4 heteroatoms. The van der Waals surface area contributed by atoms with Gasteiger partial charge < -0.3 is 9.31 Å². The van der Waals surface area contributed by atoms with Crippen LogP contribution in [0.2, 0.25) is 10.8 Å². The molecule has 1 saturated carbocycles. The molecule has 0 unspecified atom stereocenters. The van der Waals surface area contributed by atoms with Crippen molar-refractivity contribution in [3.63, 3.8) is 0 Å². The van der Waals surface area contributed by atoms with Crippen LogP contribution < -0.4 is 0 Å². The molecule has 1 aromatic carbocycles. The third kappa shape index (κ3) is 2.22. The fourth-order valence-electron chi connectivity index (χ4n) is 2.71. The predicted molar refractivity (Wildman–Crippen MR) is 78.6 cm³/mol. The highest BCUT2D eigenvalue weighted by Gasteiger charge is 2.60. The third-order valence-corrected chi connectivity index (χ3v) is 5.11. The molecule has 0 spiro atoms. The first-order chi connectivity index (χ1) is 8.82. The summed E-state index contributed by atoms with van der Waals surface area (Å²) in [5.74, 6) is 0.907. The fraction of sp³-hybridized carbons (Fsp3) is 0.600. The van der Waals surface area contributed by atoms with E-state index in [1.165, 1.54) is 5.56 Å². The Balaban J connectivity index is 1.74. The topological polar surface area (TPSA) is 18.5 Å². The first-order valence-corrected chi connectivity index (χ1v) is 7.30. The van der Waals surface area contributed by atoms with Crippen molar-refractivity contribution >= 4 is 18.7 Å². The molecular weight excluding hydrogens is 258 g/mol. The van der Waals surface area contributed by atoms with Gasteiger partial charge in [0.05, 0.1) is 11.2 Å². The van der Waals surface area contributed by atoms with Gasteiger partial charge in [-0.15, -0.1) is 0 Å². The Labute approximate surface area is 120 Å². The second-order valence-electron chi connectivity index (χ2n) is 6.65. The summed E-state index contributed by atoms with van der Waals surface area (Å²) in [6.45, 7) is 8.39. The van der Waals surface area contributed by atoms with Gasteiger partial charge in [0.25, 0.3) is 0 Å². The van der Waals surface area contributed by atoms with Crippen molar-refractivity contribution in [3.05, 3.63) is 34.9 Å². The minimum absolute atomic E-state index is 0.105. The molecule has 1 aromatic rings. The zero-order valence-electron chi connectivity index (χ0n) is 11.9. The summed E-state index contributed by atoms with van der Waals surface area (Å²) >= 11 is 6.26. The lowest BCUT2D eigenvalue weighted by Crippen LogP contribution is -2.41. The Morgan fingerprint density at radius 3 is 2.26 bits per heavy atom. The van der Waals surface area contributed by atoms with E-state index >= 15 is 0 Å². The van der Waals surface area contributed by atoms with Crippen LogP contribution in [0.4, 0.5) is 0 Å². The van der Waals surface area contributed by atoms with Gasteiger partial charge in [-0.05, 0) is 51.7 Å². The molecule has 2 aliphatic rings. The van der Waals surface area contributed by atoms with Crippen LogP contribution in [0.1, 0.15) is 45.6 Å². The average molecular weight is 279 g/mol. The Kier molecular flexibility index (Phi) is 3.01. The van der Waals surface area contributed by atoms with E-state index in [4.69, 9.17) is 20.9 Å². The van der Waals surface area contributed by atoms with Crippen molar-refractivity contribution in [3.8, 4) is 0 Å². The lowest BCUT2D eigenvalue weighted by Gasteiger charge is -2.32. The van der Waals surface area contributed by atoms with Gasteiger partial charge in [0.2, 0.25) is 0 Å². The Bertz CT molecular complexity index is 485. The van der Waals surface area contributed by atoms with Crippen LogP contribution in [-0.2, 0) is 9.31 Å². The van der Waals surface area contributed by atoms with Crippen LogP contribution in [0.3, 0.4) is 0 Å². The van der Waals surface area contributed by atoms with Crippen molar-refractivity contribution in [1.82, 2.24) is 0 Å². The van der Waals surface area contributed by atoms with Gasteiger partial charge in [-0.2, -0.15) is 0 Å². The molecule has 2 fully saturated rings. The van der Waals surface area contributed by atoms with Crippen molar-refractivity contribution in [2.24, 2.45) is 0 Å². The van der Waals surface area contributed by atoms with Gasteiger partial charge >= 0.3 is 7.12 Å². The summed E-state index contributed by atoms with van der Waals surface area (Å²) in [4.78, 5) is 0. The van der Waals surface area contributed by atoms with Gasteiger partial charge in [-0.1, -0.05) is 29.8 Å². The van der Waals surface area contributed by atoms with E-state index in [0.29, 0.717) is 11.7 Å². The number of halogens is 1. The molecule has 0 N–H and O–H groups in total. The first-order valence-electron chi connectivity index (χ1n) is 6.92. The highest BCUT2D eigenvalue weighted by atomic mass is 35.5. The highest BCUT2D eigenvalue weighted by molar-refractivity contribution is 6.49. The smallest absolute Gasteiger partial charge is 0.403 e. The zero-order valence-corrected chi connectivity index (χ0v) is 12.7. The van der Waals surface area contributed by atoms with E-state index in [2.05, 4.69) is 33.8 Å². The normalized spacial score (nSPS) is 31.5. The second kappa shape index (κ2) is 4.24. The average Bonchev–Trinajstić information content (AvgIpc) is 3.03. The van der Waals surface area contributed by atoms with Gasteiger partial charge in [0.1, 0.15) is 0 Å². The van der Waals surface area contributed by atoms with Gasteiger partial charge in [0, 0.05) is 10.8 Å². The van der Waals surface area contributed by atoms with Crippen LogP contribution in [0.5, 0.6) is 0 Å². The molecule has 19 heavy (non-hydrogen) atoms. The molecule has 1 aliphatic heterocycles. The SMILES string of the molecule is CC1(C)OB([C@@H]2C[C@H]2c2ccccc2Cl)OC1(C)C. The van der Waals surface area contributed by atoms with Gasteiger partial charge in [-0.3, -0.25) is 0 Å². The van der Waals surface area contributed by atoms with Crippen LogP contribution >= 0.6 is 11.6 Å². The largest absolute Gasteiger partial charge is 0.461 e. The van der Waals surface area contributed by atoms with Crippen LogP contribution in [0.15, 0.2) is 24.3 Å². The zero-order chi connectivity index (χ0) is 13.8. The number of hydrogen-bond donors (Lipinski definition) is 0. The third-order valence-electron chi connectivity index (χ3n) is 4.77. The van der Waals surface area contributed by atoms with Crippen LogP contribution in [0, 0.1) is 0 Å². The van der Waals surface area contributed by atoms with Crippen molar-refractivity contribution in [2.45, 2.75) is 57.1 Å². The van der Waals surface area contributed by atoms with E-state index in [1.54, 1.807) is 0 Å². The summed E-state index contributed by atoms with van der Waals surface area (Å²) in [7, 11) is -0.105. The van der Waals surface area contributed by atoms with Crippen LogP contribution in [0.25, 0.3) is 0 Å². The molecule has 2 nitrogen and oxygen atoms in total. The molecule has 2 atom stereocenters. The Morgan fingerprint density at radius 1 is 1.11 bits per heavy atom. The van der Waals surface area contributed by atoms with E-state index in [-0.39, 0.29) is 18.3 Å². The molecule has 1 saturated heterocycles. The summed E-state index contributed by atoms with van der Waals surface area (Å²) in [6.07, 6.45) is 1.10. The summed E-state index contributed by atoms with van der Waals surface area (Å²) in [6, 6.07) is 8.08. The van der Waals surface area contributed by atoms with E-state index in [0.717, 1.165) is 11.4 Å². The maximum absolute atomic E-state index is 6.26. The lowest BCUT2D eigenvalue weighted by atomic mass is 9.79. The minimum Gasteiger partial charge on any atom is -0.403 e. The summed E-state index contributed by atoms with van der Waals surface area (Å²) in [5, 5.41) is 0.853. The van der Waals surface area contributed by atoms with Crippen LogP contribution in [-0.4, -0.2) is 18.3 Å². The molecule has 102 valence electrons. The fourth-order valence-corrected chi connectivity index (χ4v) is 2.99. The number of benzene rings is 1. The molecular formula is C15H20BClO2. The summed E-state index contributed by atoms with van der Waals surface area (Å²) < 4.78 is 12.2. The first kappa shape index (κ1) is 13.5. The minimum atomic E-state index is -0.245. The maximum Gasteiger partial charge on any atom is 0.461 e. The molecule has 1 heterocycles. The van der Waals surface area contributed by atoms with E-state index < -0.39 is 0 Å². The number of hydrogen-bond acceptors (Lipinski definition) is 2. The van der Waals surface area contributed by atoms with Crippen molar-refractivity contribution < 1.29 is 9.31 Å². The molecule has 0 amide bonds. The molecule has 3 rings (SSSR count). The molecule has 0 radical (unpaired) electrons. The van der Waals surface area contributed by atoms with Crippen molar-refractivity contribution in [2.75, 3.05) is 0 Å². The van der Waals surface area contributed by atoms with Gasteiger partial charge in [0.15, 0.2) is 0 Å². The maximum atomic E-state index is 6.26. The predicted octanol–water partition coefficient (Wildman–Crippen LogP) is 4.29. The molecule has 1 aliphatic carbocycles. The standard InChI is InChI=1S/C15H20BClO2/c1-14(2)15(3,4)19-16(18-14)12-9-11(12)10-7-5-6-8-13(10)17/h5-8,11-12H,9H2,1-4H3/t11-,12+/m0/s1. The molecule has 0 bridgehead atoms. The highest BCUT2D eigenvalue weighted by Crippen LogP contribution is 2.59.